The van der Waals surface area contributed by atoms with Crippen LogP contribution >= 0.6 is 0 Å². The highest BCUT2D eigenvalue weighted by atomic mass is 16.6. The molecule has 0 aliphatic carbocycles. The molecule has 2 rings (SSSR count). The SMILES string of the molecule is COc1cc(N)ccc1Oc1ccnc(N)c1[N+](=O)[O-]. The lowest BCUT2D eigenvalue weighted by molar-refractivity contribution is -0.384. The number of ether oxygens (including phenoxy) is 2. The summed E-state index contributed by atoms with van der Waals surface area (Å²) in [6.45, 7) is 0. The third-order valence-corrected chi connectivity index (χ3v) is 2.51. The lowest BCUT2D eigenvalue weighted by Crippen LogP contribution is -2.01. The zero-order valence-corrected chi connectivity index (χ0v) is 10.6. The summed E-state index contributed by atoms with van der Waals surface area (Å²) < 4.78 is 10.6. The van der Waals surface area contributed by atoms with Gasteiger partial charge < -0.3 is 20.9 Å². The van der Waals surface area contributed by atoms with Gasteiger partial charge in [-0.3, -0.25) is 10.1 Å². The van der Waals surface area contributed by atoms with Gasteiger partial charge in [-0.15, -0.1) is 0 Å². The first-order valence-electron chi connectivity index (χ1n) is 5.53. The molecule has 1 aromatic heterocycles. The van der Waals surface area contributed by atoms with Crippen LogP contribution < -0.4 is 20.9 Å². The van der Waals surface area contributed by atoms with E-state index < -0.39 is 10.6 Å². The van der Waals surface area contributed by atoms with Gasteiger partial charge in [0.05, 0.1) is 12.0 Å². The van der Waals surface area contributed by atoms with Crippen molar-refractivity contribution in [3.8, 4) is 17.2 Å². The first-order valence-corrected chi connectivity index (χ1v) is 5.53. The van der Waals surface area contributed by atoms with E-state index in [-0.39, 0.29) is 17.3 Å². The summed E-state index contributed by atoms with van der Waals surface area (Å²) in [4.78, 5) is 14.0. The molecule has 8 heteroatoms. The van der Waals surface area contributed by atoms with Crippen molar-refractivity contribution in [1.82, 2.24) is 4.98 Å². The largest absolute Gasteiger partial charge is 0.493 e. The minimum absolute atomic E-state index is 0.0226. The molecule has 1 aromatic carbocycles. The van der Waals surface area contributed by atoms with Crippen molar-refractivity contribution in [2.24, 2.45) is 0 Å². The lowest BCUT2D eigenvalue weighted by atomic mass is 10.3. The quantitative estimate of drug-likeness (QED) is 0.496. The Morgan fingerprint density at radius 3 is 2.60 bits per heavy atom. The number of nitrogens with zero attached hydrogens (tertiary/aromatic N) is 2. The summed E-state index contributed by atoms with van der Waals surface area (Å²) in [7, 11) is 1.44. The van der Waals surface area contributed by atoms with E-state index in [4.69, 9.17) is 20.9 Å². The molecular weight excluding hydrogens is 264 g/mol. The van der Waals surface area contributed by atoms with E-state index in [1.165, 1.54) is 19.4 Å². The van der Waals surface area contributed by atoms with Gasteiger partial charge in [0, 0.05) is 24.0 Å². The van der Waals surface area contributed by atoms with E-state index in [1.807, 2.05) is 0 Å². The standard InChI is InChI=1S/C12H12N4O4/c1-19-10-6-7(13)2-3-8(10)20-9-4-5-15-12(14)11(9)16(17)18/h2-6H,13H2,1H3,(H2,14,15). The van der Waals surface area contributed by atoms with Crippen LogP contribution in [0.3, 0.4) is 0 Å². The highest BCUT2D eigenvalue weighted by molar-refractivity contribution is 5.63. The Morgan fingerprint density at radius 1 is 1.20 bits per heavy atom. The van der Waals surface area contributed by atoms with Gasteiger partial charge in [0.15, 0.2) is 11.5 Å². The fourth-order valence-corrected chi connectivity index (χ4v) is 1.60. The fourth-order valence-electron chi connectivity index (χ4n) is 1.60. The number of nitrogens with two attached hydrogens (primary N) is 2. The molecule has 0 saturated carbocycles. The second-order valence-electron chi connectivity index (χ2n) is 3.81. The number of rotatable bonds is 4. The average molecular weight is 276 g/mol. The number of anilines is 2. The number of hydrogen-bond acceptors (Lipinski definition) is 7. The van der Waals surface area contributed by atoms with Crippen molar-refractivity contribution in [3.63, 3.8) is 0 Å². The predicted molar refractivity (Wildman–Crippen MR) is 72.8 cm³/mol. The molecule has 0 unspecified atom stereocenters. The lowest BCUT2D eigenvalue weighted by Gasteiger charge is -2.11. The van der Waals surface area contributed by atoms with Crippen LogP contribution in [0.1, 0.15) is 0 Å². The number of nitrogen functional groups attached to an aromatic ring is 2. The Labute approximate surface area is 114 Å². The molecule has 1 heterocycles. The van der Waals surface area contributed by atoms with Gasteiger partial charge >= 0.3 is 5.69 Å². The van der Waals surface area contributed by atoms with Crippen LogP contribution in [0, 0.1) is 10.1 Å². The molecule has 0 amide bonds. The van der Waals surface area contributed by atoms with E-state index in [1.54, 1.807) is 18.2 Å². The molecule has 0 spiro atoms. The predicted octanol–water partition coefficient (Wildman–Crippen LogP) is 1.96. The summed E-state index contributed by atoms with van der Waals surface area (Å²) in [5.41, 5.74) is 11.2. The van der Waals surface area contributed by atoms with Crippen molar-refractivity contribution in [1.29, 1.82) is 0 Å². The molecule has 8 nitrogen and oxygen atoms in total. The zero-order valence-electron chi connectivity index (χ0n) is 10.6. The number of hydrogen-bond donors (Lipinski definition) is 2. The van der Waals surface area contributed by atoms with E-state index in [0.717, 1.165) is 0 Å². The summed E-state index contributed by atoms with van der Waals surface area (Å²) in [6, 6.07) is 6.04. The highest BCUT2D eigenvalue weighted by Gasteiger charge is 2.22. The third kappa shape index (κ3) is 2.53. The number of benzene rings is 1. The zero-order chi connectivity index (χ0) is 14.7. The van der Waals surface area contributed by atoms with Crippen molar-refractivity contribution in [3.05, 3.63) is 40.6 Å². The average Bonchev–Trinajstić information content (AvgIpc) is 2.40. The van der Waals surface area contributed by atoms with Crippen LogP contribution in [0.25, 0.3) is 0 Å². The summed E-state index contributed by atoms with van der Waals surface area (Å²) >= 11 is 0. The van der Waals surface area contributed by atoms with Crippen LogP contribution in [0.15, 0.2) is 30.5 Å². The second kappa shape index (κ2) is 5.31. The van der Waals surface area contributed by atoms with Gasteiger partial charge in [0.1, 0.15) is 0 Å². The molecule has 0 atom stereocenters. The molecule has 0 radical (unpaired) electrons. The first-order chi connectivity index (χ1) is 9.52. The Kier molecular flexibility index (Phi) is 3.56. The molecule has 0 fully saturated rings. The van der Waals surface area contributed by atoms with Crippen LogP contribution in [0.4, 0.5) is 17.2 Å². The van der Waals surface area contributed by atoms with Crippen LogP contribution in [0.5, 0.6) is 17.2 Å². The summed E-state index contributed by atoms with van der Waals surface area (Å²) in [5.74, 6) is 0.401. The molecular formula is C12H12N4O4. The summed E-state index contributed by atoms with van der Waals surface area (Å²) in [5, 5.41) is 11.0. The maximum absolute atomic E-state index is 11.0. The third-order valence-electron chi connectivity index (χ3n) is 2.51. The molecule has 0 aliphatic rings. The van der Waals surface area contributed by atoms with Crippen molar-refractivity contribution >= 4 is 17.2 Å². The van der Waals surface area contributed by atoms with Crippen LogP contribution in [-0.2, 0) is 0 Å². The van der Waals surface area contributed by atoms with Gasteiger partial charge in [-0.2, -0.15) is 0 Å². The van der Waals surface area contributed by atoms with E-state index >= 15 is 0 Å². The van der Waals surface area contributed by atoms with Crippen LogP contribution in [-0.4, -0.2) is 17.0 Å². The fraction of sp³-hybridized carbons (Fsp3) is 0.0833. The van der Waals surface area contributed by atoms with Crippen molar-refractivity contribution in [2.45, 2.75) is 0 Å². The number of nitro groups is 1. The van der Waals surface area contributed by atoms with Gasteiger partial charge in [-0.1, -0.05) is 0 Å². The number of aromatic nitrogens is 1. The van der Waals surface area contributed by atoms with E-state index in [0.29, 0.717) is 11.4 Å². The molecule has 2 aromatic rings. The molecule has 4 N–H and O–H groups in total. The van der Waals surface area contributed by atoms with E-state index in [9.17, 15) is 10.1 Å². The normalized spacial score (nSPS) is 10.1. The Hall–Kier alpha value is -3.03. The maximum Gasteiger partial charge on any atom is 0.353 e. The highest BCUT2D eigenvalue weighted by Crippen LogP contribution is 2.38. The minimum Gasteiger partial charge on any atom is -0.493 e. The molecule has 20 heavy (non-hydrogen) atoms. The second-order valence-corrected chi connectivity index (χ2v) is 3.81. The van der Waals surface area contributed by atoms with Crippen molar-refractivity contribution in [2.75, 3.05) is 18.6 Å². The summed E-state index contributed by atoms with van der Waals surface area (Å²) in [6.07, 6.45) is 1.32. The van der Waals surface area contributed by atoms with Gasteiger partial charge in [-0.25, -0.2) is 4.98 Å². The minimum atomic E-state index is -0.651. The van der Waals surface area contributed by atoms with Gasteiger partial charge in [0.2, 0.25) is 11.6 Å². The smallest absolute Gasteiger partial charge is 0.353 e. The Bertz CT molecular complexity index is 660. The van der Waals surface area contributed by atoms with Gasteiger partial charge in [-0.05, 0) is 12.1 Å². The van der Waals surface area contributed by atoms with Crippen LogP contribution in [0.2, 0.25) is 0 Å². The monoisotopic (exact) mass is 276 g/mol. The Morgan fingerprint density at radius 2 is 1.95 bits per heavy atom. The topological polar surface area (TPSA) is 127 Å². The molecule has 104 valence electrons. The van der Waals surface area contributed by atoms with Crippen molar-refractivity contribution < 1.29 is 14.4 Å². The number of pyridine rings is 1. The maximum atomic E-state index is 11.0. The molecule has 0 bridgehead atoms. The molecule has 0 aliphatic heterocycles. The first kappa shape index (κ1) is 13.4. The Balaban J connectivity index is 2.45. The molecule has 0 saturated heterocycles. The van der Waals surface area contributed by atoms with Gasteiger partial charge in [0.25, 0.3) is 0 Å². The number of methoxy groups -OCH3 is 1. The van der Waals surface area contributed by atoms with E-state index in [2.05, 4.69) is 4.98 Å².